The first-order valence-electron chi connectivity index (χ1n) is 5.99. The van der Waals surface area contributed by atoms with E-state index in [4.69, 9.17) is 15.2 Å². The van der Waals surface area contributed by atoms with Gasteiger partial charge in [-0.25, -0.2) is 4.79 Å². The summed E-state index contributed by atoms with van der Waals surface area (Å²) in [4.78, 5) is 13.6. The van der Waals surface area contributed by atoms with Gasteiger partial charge in [0.1, 0.15) is 5.60 Å². The van der Waals surface area contributed by atoms with E-state index in [1.54, 1.807) is 4.90 Å². The molecule has 1 saturated heterocycles. The molecule has 5 heteroatoms. The first-order valence-corrected chi connectivity index (χ1v) is 5.99. The predicted octanol–water partition coefficient (Wildman–Crippen LogP) is 1.36. The van der Waals surface area contributed by atoms with Crippen molar-refractivity contribution in [1.82, 2.24) is 4.90 Å². The van der Waals surface area contributed by atoms with Crippen LogP contribution in [0.5, 0.6) is 0 Å². The molecule has 1 aliphatic rings. The van der Waals surface area contributed by atoms with Crippen molar-refractivity contribution >= 4 is 6.09 Å². The molecule has 1 rings (SSSR count). The number of rotatable bonds is 1. The second-order valence-corrected chi connectivity index (χ2v) is 6.10. The van der Waals surface area contributed by atoms with E-state index in [2.05, 4.69) is 0 Å². The Labute approximate surface area is 103 Å². The van der Waals surface area contributed by atoms with Gasteiger partial charge in [0.05, 0.1) is 24.8 Å². The molecule has 0 spiro atoms. The Morgan fingerprint density at radius 3 is 2.59 bits per heavy atom. The van der Waals surface area contributed by atoms with Crippen LogP contribution >= 0.6 is 0 Å². The van der Waals surface area contributed by atoms with E-state index in [0.717, 1.165) is 0 Å². The van der Waals surface area contributed by atoms with Gasteiger partial charge in [0, 0.05) is 6.54 Å². The predicted molar refractivity (Wildman–Crippen MR) is 65.8 cm³/mol. The van der Waals surface area contributed by atoms with Crippen molar-refractivity contribution in [2.24, 2.45) is 5.73 Å². The van der Waals surface area contributed by atoms with Gasteiger partial charge in [0.2, 0.25) is 0 Å². The second kappa shape index (κ2) is 4.82. The summed E-state index contributed by atoms with van der Waals surface area (Å²) < 4.78 is 11.1. The maximum atomic E-state index is 12.0. The number of morpholine rings is 1. The molecule has 1 aliphatic heterocycles. The molecule has 1 amide bonds. The standard InChI is InChI=1S/C12H24N2O3/c1-11(2,3)17-10(15)14-7-9(6-13)16-12(4,5)8-14/h9H,6-8,13H2,1-5H3/t9-/m0/s1. The number of hydrogen-bond acceptors (Lipinski definition) is 4. The van der Waals surface area contributed by atoms with Crippen molar-refractivity contribution in [2.45, 2.75) is 51.9 Å². The molecule has 0 radical (unpaired) electrons. The van der Waals surface area contributed by atoms with E-state index in [1.165, 1.54) is 0 Å². The Bertz CT molecular complexity index is 284. The minimum absolute atomic E-state index is 0.119. The molecule has 0 aliphatic carbocycles. The molecule has 1 fully saturated rings. The van der Waals surface area contributed by atoms with Crippen LogP contribution in [0, 0.1) is 0 Å². The molecular formula is C12H24N2O3. The first kappa shape index (κ1) is 14.3. The Balaban J connectivity index is 2.67. The average molecular weight is 244 g/mol. The van der Waals surface area contributed by atoms with Gasteiger partial charge in [-0.1, -0.05) is 0 Å². The molecule has 1 heterocycles. The van der Waals surface area contributed by atoms with Crippen LogP contribution < -0.4 is 5.73 Å². The topological polar surface area (TPSA) is 64.8 Å². The van der Waals surface area contributed by atoms with E-state index >= 15 is 0 Å². The van der Waals surface area contributed by atoms with Gasteiger partial charge >= 0.3 is 6.09 Å². The van der Waals surface area contributed by atoms with Crippen molar-refractivity contribution in [3.05, 3.63) is 0 Å². The van der Waals surface area contributed by atoms with Crippen LogP contribution in [0.25, 0.3) is 0 Å². The average Bonchev–Trinajstić information content (AvgIpc) is 2.12. The molecule has 100 valence electrons. The van der Waals surface area contributed by atoms with Crippen molar-refractivity contribution in [3.8, 4) is 0 Å². The Morgan fingerprint density at radius 2 is 2.12 bits per heavy atom. The summed E-state index contributed by atoms with van der Waals surface area (Å²) in [6.07, 6.45) is -0.418. The summed E-state index contributed by atoms with van der Waals surface area (Å²) in [6, 6.07) is 0. The minimum Gasteiger partial charge on any atom is -0.444 e. The van der Waals surface area contributed by atoms with E-state index in [-0.39, 0.29) is 17.8 Å². The monoisotopic (exact) mass is 244 g/mol. The number of nitrogens with zero attached hydrogens (tertiary/aromatic N) is 1. The fourth-order valence-electron chi connectivity index (χ4n) is 1.88. The molecule has 0 aromatic rings. The van der Waals surface area contributed by atoms with Crippen LogP contribution in [0.3, 0.4) is 0 Å². The van der Waals surface area contributed by atoms with Crippen molar-refractivity contribution in [2.75, 3.05) is 19.6 Å². The normalized spacial score (nSPS) is 24.6. The minimum atomic E-state index is -0.474. The molecule has 0 bridgehead atoms. The molecule has 0 aromatic heterocycles. The summed E-state index contributed by atoms with van der Waals surface area (Å²) in [6.45, 7) is 10.9. The summed E-state index contributed by atoms with van der Waals surface area (Å²) >= 11 is 0. The lowest BCUT2D eigenvalue weighted by molar-refractivity contribution is -0.129. The fourth-order valence-corrected chi connectivity index (χ4v) is 1.88. The third-order valence-corrected chi connectivity index (χ3v) is 2.40. The van der Waals surface area contributed by atoms with Crippen LogP contribution in [0.2, 0.25) is 0 Å². The summed E-state index contributed by atoms with van der Waals surface area (Å²) in [5, 5.41) is 0. The lowest BCUT2D eigenvalue weighted by Crippen LogP contribution is -2.57. The van der Waals surface area contributed by atoms with Gasteiger partial charge in [0.25, 0.3) is 0 Å². The van der Waals surface area contributed by atoms with Crippen LogP contribution in [0.15, 0.2) is 0 Å². The quantitative estimate of drug-likeness (QED) is 0.756. The van der Waals surface area contributed by atoms with Gasteiger partial charge in [-0.15, -0.1) is 0 Å². The molecule has 0 aromatic carbocycles. The van der Waals surface area contributed by atoms with E-state index in [1.807, 2.05) is 34.6 Å². The Kier molecular flexibility index (Phi) is 4.04. The van der Waals surface area contributed by atoms with Gasteiger partial charge in [0.15, 0.2) is 0 Å². The van der Waals surface area contributed by atoms with Crippen molar-refractivity contribution in [3.63, 3.8) is 0 Å². The third-order valence-electron chi connectivity index (χ3n) is 2.40. The zero-order valence-electron chi connectivity index (χ0n) is 11.4. The van der Waals surface area contributed by atoms with Gasteiger partial charge in [-0.05, 0) is 34.6 Å². The van der Waals surface area contributed by atoms with Crippen LogP contribution in [0.1, 0.15) is 34.6 Å². The summed E-state index contributed by atoms with van der Waals surface area (Å²) in [7, 11) is 0. The maximum absolute atomic E-state index is 12.0. The highest BCUT2D eigenvalue weighted by atomic mass is 16.6. The highest BCUT2D eigenvalue weighted by molar-refractivity contribution is 5.68. The van der Waals surface area contributed by atoms with Crippen LogP contribution in [-0.2, 0) is 9.47 Å². The fraction of sp³-hybridized carbons (Fsp3) is 0.917. The zero-order chi connectivity index (χ0) is 13.3. The van der Waals surface area contributed by atoms with Crippen molar-refractivity contribution in [1.29, 1.82) is 0 Å². The zero-order valence-corrected chi connectivity index (χ0v) is 11.4. The third kappa shape index (κ3) is 4.52. The lowest BCUT2D eigenvalue weighted by Gasteiger charge is -2.42. The highest BCUT2D eigenvalue weighted by Crippen LogP contribution is 2.22. The maximum Gasteiger partial charge on any atom is 0.410 e. The van der Waals surface area contributed by atoms with Gasteiger partial charge in [-0.3, -0.25) is 0 Å². The number of carbonyl (C=O) groups excluding carboxylic acids is 1. The number of ether oxygens (including phenoxy) is 2. The van der Waals surface area contributed by atoms with Gasteiger partial charge < -0.3 is 20.1 Å². The number of carbonyl (C=O) groups is 1. The number of hydrogen-bond donors (Lipinski definition) is 1. The Hall–Kier alpha value is -0.810. The smallest absolute Gasteiger partial charge is 0.410 e. The SMILES string of the molecule is CC(C)(C)OC(=O)N1C[C@H](CN)OC(C)(C)C1. The molecular weight excluding hydrogens is 220 g/mol. The van der Waals surface area contributed by atoms with E-state index in [9.17, 15) is 4.79 Å². The summed E-state index contributed by atoms with van der Waals surface area (Å²) in [5.41, 5.74) is 4.76. The molecule has 5 nitrogen and oxygen atoms in total. The van der Waals surface area contributed by atoms with E-state index in [0.29, 0.717) is 19.6 Å². The number of amides is 1. The van der Waals surface area contributed by atoms with Gasteiger partial charge in [-0.2, -0.15) is 0 Å². The largest absolute Gasteiger partial charge is 0.444 e. The lowest BCUT2D eigenvalue weighted by atomic mass is 10.1. The summed E-state index contributed by atoms with van der Waals surface area (Å²) in [5.74, 6) is 0. The number of nitrogens with two attached hydrogens (primary N) is 1. The molecule has 0 unspecified atom stereocenters. The molecule has 17 heavy (non-hydrogen) atoms. The Morgan fingerprint density at radius 1 is 1.53 bits per heavy atom. The molecule has 0 saturated carbocycles. The highest BCUT2D eigenvalue weighted by Gasteiger charge is 2.36. The van der Waals surface area contributed by atoms with Crippen molar-refractivity contribution < 1.29 is 14.3 Å². The second-order valence-electron chi connectivity index (χ2n) is 6.10. The van der Waals surface area contributed by atoms with Crippen LogP contribution in [-0.4, -0.2) is 47.9 Å². The van der Waals surface area contributed by atoms with E-state index < -0.39 is 5.60 Å². The first-order chi connectivity index (χ1) is 7.63. The molecule has 2 N–H and O–H groups in total. The van der Waals surface area contributed by atoms with Crippen LogP contribution in [0.4, 0.5) is 4.79 Å². The molecule has 1 atom stereocenters.